The molecule has 1 saturated heterocycles. The fourth-order valence-corrected chi connectivity index (χ4v) is 4.13. The van der Waals surface area contributed by atoms with Crippen LogP contribution in [0.1, 0.15) is 49.5 Å². The fourth-order valence-electron chi connectivity index (χ4n) is 3.00. The van der Waals surface area contributed by atoms with E-state index in [2.05, 4.69) is 32.6 Å². The maximum atomic E-state index is 12.3. The van der Waals surface area contributed by atoms with Crippen molar-refractivity contribution in [1.29, 1.82) is 0 Å². The van der Waals surface area contributed by atoms with E-state index in [0.717, 1.165) is 35.3 Å². The molecule has 1 aromatic heterocycles. The van der Waals surface area contributed by atoms with Crippen LogP contribution in [0, 0.1) is 5.41 Å². The summed E-state index contributed by atoms with van der Waals surface area (Å²) < 4.78 is 5.67. The first-order chi connectivity index (χ1) is 9.35. The second kappa shape index (κ2) is 4.81. The smallest absolute Gasteiger partial charge is 0.186 e. The molecule has 1 aromatic rings. The highest BCUT2D eigenvalue weighted by Gasteiger charge is 2.35. The number of anilines is 1. The number of rotatable bonds is 1. The van der Waals surface area contributed by atoms with Crippen LogP contribution in [0.15, 0.2) is 0 Å². The van der Waals surface area contributed by atoms with E-state index in [9.17, 15) is 4.79 Å². The van der Waals surface area contributed by atoms with Crippen LogP contribution in [0.25, 0.3) is 0 Å². The average Bonchev–Trinajstić information content (AvgIpc) is 2.74. The first kappa shape index (κ1) is 14.0. The lowest BCUT2D eigenvalue weighted by molar-refractivity contribution is 0.0343. The molecule has 0 N–H and O–H groups in total. The van der Waals surface area contributed by atoms with Gasteiger partial charge in [0.15, 0.2) is 10.9 Å². The molecular formula is C15H22N2O2S. The van der Waals surface area contributed by atoms with Gasteiger partial charge in [0.25, 0.3) is 0 Å². The summed E-state index contributed by atoms with van der Waals surface area (Å²) in [4.78, 5) is 20.2. The van der Waals surface area contributed by atoms with Gasteiger partial charge >= 0.3 is 0 Å². The number of morpholine rings is 1. The Bertz CT molecular complexity index is 538. The number of aromatic nitrogens is 1. The number of thiazole rings is 1. The molecule has 0 radical (unpaired) electrons. The minimum absolute atomic E-state index is 0.0410. The van der Waals surface area contributed by atoms with E-state index in [1.54, 1.807) is 11.3 Å². The van der Waals surface area contributed by atoms with E-state index in [-0.39, 0.29) is 17.3 Å². The molecule has 0 bridgehead atoms. The van der Waals surface area contributed by atoms with E-state index in [1.807, 2.05) is 0 Å². The van der Waals surface area contributed by atoms with Crippen LogP contribution >= 0.6 is 11.3 Å². The summed E-state index contributed by atoms with van der Waals surface area (Å²) in [5, 5.41) is 0.990. The van der Waals surface area contributed by atoms with Crippen molar-refractivity contribution in [3.63, 3.8) is 0 Å². The van der Waals surface area contributed by atoms with Crippen LogP contribution in [0.5, 0.6) is 0 Å². The zero-order valence-corrected chi connectivity index (χ0v) is 13.4. The van der Waals surface area contributed by atoms with E-state index < -0.39 is 0 Å². The molecule has 4 nitrogen and oxygen atoms in total. The van der Waals surface area contributed by atoms with Crippen molar-refractivity contribution < 1.29 is 9.53 Å². The Morgan fingerprint density at radius 1 is 1.35 bits per heavy atom. The largest absolute Gasteiger partial charge is 0.375 e. The van der Waals surface area contributed by atoms with Gasteiger partial charge in [-0.05, 0) is 25.7 Å². The Kier molecular flexibility index (Phi) is 3.37. The van der Waals surface area contributed by atoms with Crippen LogP contribution in [0.3, 0.4) is 0 Å². The molecule has 1 aliphatic carbocycles. The van der Waals surface area contributed by atoms with Crippen LogP contribution in [0.4, 0.5) is 5.13 Å². The Labute approximate surface area is 124 Å². The van der Waals surface area contributed by atoms with E-state index >= 15 is 0 Å². The summed E-state index contributed by atoms with van der Waals surface area (Å²) in [6, 6.07) is 0.321. The number of nitrogens with zero attached hydrogens (tertiary/aromatic N) is 2. The average molecular weight is 294 g/mol. The van der Waals surface area contributed by atoms with Crippen LogP contribution < -0.4 is 4.90 Å². The number of ether oxygens (including phenoxy) is 1. The quantitative estimate of drug-likeness (QED) is 0.798. The van der Waals surface area contributed by atoms with Crippen molar-refractivity contribution in [3.05, 3.63) is 10.6 Å². The SMILES string of the molecule is CC1CN(c2nc3c(s2)C(=O)CC(C)(C)C3)C(C)CO1. The van der Waals surface area contributed by atoms with Crippen molar-refractivity contribution in [2.45, 2.75) is 52.7 Å². The normalized spacial score (nSPS) is 29.4. The Hall–Kier alpha value is -0.940. The summed E-state index contributed by atoms with van der Waals surface area (Å²) in [5.74, 6) is 0.258. The summed E-state index contributed by atoms with van der Waals surface area (Å²) in [6.45, 7) is 10.1. The van der Waals surface area contributed by atoms with Gasteiger partial charge in [-0.25, -0.2) is 4.98 Å². The molecule has 3 rings (SSSR count). The second-order valence-electron chi connectivity index (χ2n) is 6.86. The molecule has 20 heavy (non-hydrogen) atoms. The lowest BCUT2D eigenvalue weighted by atomic mass is 9.78. The summed E-state index contributed by atoms with van der Waals surface area (Å²) in [5.41, 5.74) is 1.04. The first-order valence-electron chi connectivity index (χ1n) is 7.27. The molecule has 0 amide bonds. The van der Waals surface area contributed by atoms with E-state index in [0.29, 0.717) is 12.5 Å². The molecule has 110 valence electrons. The number of carbonyl (C=O) groups excluding carboxylic acids is 1. The molecular weight excluding hydrogens is 272 g/mol. The zero-order valence-electron chi connectivity index (χ0n) is 12.6. The maximum absolute atomic E-state index is 12.3. The van der Waals surface area contributed by atoms with Gasteiger partial charge in [0.2, 0.25) is 0 Å². The van der Waals surface area contributed by atoms with Crippen molar-refractivity contribution in [2.24, 2.45) is 5.41 Å². The molecule has 0 aromatic carbocycles. The third-order valence-electron chi connectivity index (χ3n) is 4.08. The highest BCUT2D eigenvalue weighted by Crippen LogP contribution is 2.39. The van der Waals surface area contributed by atoms with E-state index in [4.69, 9.17) is 9.72 Å². The van der Waals surface area contributed by atoms with Gasteiger partial charge in [0.1, 0.15) is 0 Å². The van der Waals surface area contributed by atoms with Gasteiger partial charge in [0.05, 0.1) is 29.3 Å². The Balaban J connectivity index is 1.91. The van der Waals surface area contributed by atoms with Crippen molar-refractivity contribution >= 4 is 22.3 Å². The third kappa shape index (κ3) is 2.49. The highest BCUT2D eigenvalue weighted by molar-refractivity contribution is 7.17. The minimum atomic E-state index is 0.0410. The molecule has 5 heteroatoms. The third-order valence-corrected chi connectivity index (χ3v) is 5.25. The van der Waals surface area contributed by atoms with Crippen LogP contribution in [0.2, 0.25) is 0 Å². The van der Waals surface area contributed by atoms with Crippen LogP contribution in [-0.4, -0.2) is 36.1 Å². The summed E-state index contributed by atoms with van der Waals surface area (Å²) in [6.07, 6.45) is 1.76. The van der Waals surface area contributed by atoms with Gasteiger partial charge in [-0.15, -0.1) is 0 Å². The predicted octanol–water partition coefficient (Wildman–Crippen LogP) is 2.91. The molecule has 1 aliphatic heterocycles. The van der Waals surface area contributed by atoms with Crippen molar-refractivity contribution in [1.82, 2.24) is 4.98 Å². The van der Waals surface area contributed by atoms with E-state index in [1.165, 1.54) is 0 Å². The van der Waals surface area contributed by atoms with Crippen LogP contribution in [-0.2, 0) is 11.2 Å². The first-order valence-corrected chi connectivity index (χ1v) is 8.08. The Morgan fingerprint density at radius 3 is 2.85 bits per heavy atom. The van der Waals surface area contributed by atoms with Gasteiger partial charge in [-0.3, -0.25) is 4.79 Å². The molecule has 0 spiro atoms. The fraction of sp³-hybridized carbons (Fsp3) is 0.733. The molecule has 2 heterocycles. The standard InChI is InChI=1S/C15H22N2O2S/c1-9-8-19-10(2)7-17(9)14-16-11-5-15(3,4)6-12(18)13(11)20-14/h9-10H,5-8H2,1-4H3. The highest BCUT2D eigenvalue weighted by atomic mass is 32.1. The Morgan fingerprint density at radius 2 is 2.10 bits per heavy atom. The molecule has 2 aliphatic rings. The molecule has 0 saturated carbocycles. The predicted molar refractivity (Wildman–Crippen MR) is 80.8 cm³/mol. The topological polar surface area (TPSA) is 42.4 Å². The van der Waals surface area contributed by atoms with Crippen molar-refractivity contribution in [2.75, 3.05) is 18.1 Å². The number of fused-ring (bicyclic) bond motifs is 1. The number of carbonyl (C=O) groups is 1. The van der Waals surface area contributed by atoms with Gasteiger partial charge in [-0.1, -0.05) is 25.2 Å². The lowest BCUT2D eigenvalue weighted by Gasteiger charge is -2.36. The van der Waals surface area contributed by atoms with Gasteiger partial charge in [0, 0.05) is 13.0 Å². The van der Waals surface area contributed by atoms with Gasteiger partial charge in [-0.2, -0.15) is 0 Å². The number of hydrogen-bond donors (Lipinski definition) is 0. The lowest BCUT2D eigenvalue weighted by Crippen LogP contribution is -2.47. The number of hydrogen-bond acceptors (Lipinski definition) is 5. The van der Waals surface area contributed by atoms with Crippen molar-refractivity contribution in [3.8, 4) is 0 Å². The van der Waals surface area contributed by atoms with Gasteiger partial charge < -0.3 is 9.64 Å². The molecule has 1 fully saturated rings. The maximum Gasteiger partial charge on any atom is 0.186 e. The number of ketones is 1. The molecule has 2 unspecified atom stereocenters. The number of Topliss-reactive ketones (excluding diaryl/α,β-unsaturated/α-hetero) is 1. The second-order valence-corrected chi connectivity index (χ2v) is 7.84. The molecule has 2 atom stereocenters. The zero-order chi connectivity index (χ0) is 14.5. The monoisotopic (exact) mass is 294 g/mol. The summed E-state index contributed by atoms with van der Waals surface area (Å²) >= 11 is 1.57. The minimum Gasteiger partial charge on any atom is -0.375 e. The summed E-state index contributed by atoms with van der Waals surface area (Å²) in [7, 11) is 0.